The highest BCUT2D eigenvalue weighted by Gasteiger charge is 2.55. The average Bonchev–Trinajstić information content (AvgIpc) is 2.30. The molecule has 0 amide bonds. The Kier molecular flexibility index (Phi) is 1.92. The van der Waals surface area contributed by atoms with Gasteiger partial charge in [0.2, 0.25) is 0 Å². The van der Waals surface area contributed by atoms with Gasteiger partial charge in [0.1, 0.15) is 0 Å². The lowest BCUT2D eigenvalue weighted by atomic mass is 9.57. The quantitative estimate of drug-likeness (QED) is 0.631. The van der Waals surface area contributed by atoms with E-state index in [-0.39, 0.29) is 6.29 Å². The van der Waals surface area contributed by atoms with Gasteiger partial charge in [-0.2, -0.15) is 0 Å². The van der Waals surface area contributed by atoms with Crippen LogP contribution in [0.3, 0.4) is 0 Å². The molecule has 0 aromatic heterocycles. The van der Waals surface area contributed by atoms with Crippen LogP contribution >= 0.6 is 0 Å². The summed E-state index contributed by atoms with van der Waals surface area (Å²) >= 11 is 0. The molecule has 0 aromatic carbocycles. The SMILES string of the molecule is CCO[C@H]1OC[C@H]2[C@@H]1CC2(C)C. The Hall–Kier alpha value is -0.0800. The van der Waals surface area contributed by atoms with Gasteiger partial charge in [-0.1, -0.05) is 13.8 Å². The molecular weight excluding hydrogens is 152 g/mol. The van der Waals surface area contributed by atoms with Crippen molar-refractivity contribution in [1.29, 1.82) is 0 Å². The standard InChI is InChI=1S/C10H18O2/c1-4-11-9-7-5-10(2,3)8(7)6-12-9/h7-9H,4-6H2,1-3H3/t7-,8-,9-/m0/s1. The predicted molar refractivity (Wildman–Crippen MR) is 46.7 cm³/mol. The fraction of sp³-hybridized carbons (Fsp3) is 1.00. The van der Waals surface area contributed by atoms with E-state index in [1.165, 1.54) is 6.42 Å². The summed E-state index contributed by atoms with van der Waals surface area (Å²) in [5, 5.41) is 0. The highest BCUT2D eigenvalue weighted by Crippen LogP contribution is 2.56. The molecule has 12 heavy (non-hydrogen) atoms. The van der Waals surface area contributed by atoms with E-state index in [4.69, 9.17) is 9.47 Å². The van der Waals surface area contributed by atoms with Gasteiger partial charge in [-0.15, -0.1) is 0 Å². The zero-order valence-electron chi connectivity index (χ0n) is 8.17. The van der Waals surface area contributed by atoms with Crippen LogP contribution in [0, 0.1) is 17.3 Å². The molecule has 1 saturated carbocycles. The smallest absolute Gasteiger partial charge is 0.160 e. The van der Waals surface area contributed by atoms with Crippen LogP contribution in [0.1, 0.15) is 27.2 Å². The van der Waals surface area contributed by atoms with Gasteiger partial charge in [-0.3, -0.25) is 0 Å². The number of hydrogen-bond acceptors (Lipinski definition) is 2. The summed E-state index contributed by atoms with van der Waals surface area (Å²) in [5.74, 6) is 1.42. The largest absolute Gasteiger partial charge is 0.353 e. The van der Waals surface area contributed by atoms with Crippen LogP contribution in [0.15, 0.2) is 0 Å². The second kappa shape index (κ2) is 2.71. The zero-order chi connectivity index (χ0) is 8.77. The van der Waals surface area contributed by atoms with Crippen molar-refractivity contribution in [2.75, 3.05) is 13.2 Å². The van der Waals surface area contributed by atoms with Crippen molar-refractivity contribution in [3.63, 3.8) is 0 Å². The van der Waals surface area contributed by atoms with Crippen LogP contribution in [0.5, 0.6) is 0 Å². The van der Waals surface area contributed by atoms with Gasteiger partial charge in [0.15, 0.2) is 6.29 Å². The summed E-state index contributed by atoms with van der Waals surface area (Å²) in [6.07, 6.45) is 1.37. The Morgan fingerprint density at radius 2 is 2.25 bits per heavy atom. The predicted octanol–water partition coefficient (Wildman–Crippen LogP) is 2.04. The Morgan fingerprint density at radius 3 is 2.75 bits per heavy atom. The maximum absolute atomic E-state index is 5.59. The molecule has 2 fully saturated rings. The summed E-state index contributed by atoms with van der Waals surface area (Å²) in [4.78, 5) is 0. The van der Waals surface area contributed by atoms with Crippen molar-refractivity contribution in [3.05, 3.63) is 0 Å². The van der Waals surface area contributed by atoms with Crippen LogP contribution in [-0.4, -0.2) is 19.5 Å². The number of rotatable bonds is 2. The summed E-state index contributed by atoms with van der Waals surface area (Å²) in [6, 6.07) is 0. The molecule has 2 rings (SSSR count). The molecule has 1 aliphatic heterocycles. The molecule has 70 valence electrons. The van der Waals surface area contributed by atoms with Crippen molar-refractivity contribution in [2.24, 2.45) is 17.3 Å². The van der Waals surface area contributed by atoms with Gasteiger partial charge < -0.3 is 9.47 Å². The molecule has 1 aliphatic carbocycles. The lowest BCUT2D eigenvalue weighted by Gasteiger charge is -2.47. The molecule has 2 nitrogen and oxygen atoms in total. The maximum Gasteiger partial charge on any atom is 0.160 e. The van der Waals surface area contributed by atoms with Crippen LogP contribution < -0.4 is 0 Å². The third-order valence-corrected chi connectivity index (χ3v) is 3.40. The minimum Gasteiger partial charge on any atom is -0.353 e. The number of fused-ring (bicyclic) bond motifs is 1. The molecule has 0 radical (unpaired) electrons. The van der Waals surface area contributed by atoms with Crippen LogP contribution in [-0.2, 0) is 9.47 Å². The summed E-state index contributed by atoms with van der Waals surface area (Å²) in [5.41, 5.74) is 0.497. The fourth-order valence-corrected chi connectivity index (χ4v) is 2.61. The highest BCUT2D eigenvalue weighted by molar-refractivity contribution is 5.00. The molecule has 0 aromatic rings. The van der Waals surface area contributed by atoms with E-state index in [0.29, 0.717) is 11.3 Å². The van der Waals surface area contributed by atoms with E-state index in [1.54, 1.807) is 0 Å². The molecule has 2 aliphatic rings. The number of ether oxygens (including phenoxy) is 2. The first-order valence-corrected chi connectivity index (χ1v) is 4.88. The molecule has 1 heterocycles. The summed E-state index contributed by atoms with van der Waals surface area (Å²) < 4.78 is 11.1. The lowest BCUT2D eigenvalue weighted by molar-refractivity contribution is -0.144. The molecule has 0 spiro atoms. The Labute approximate surface area is 74.2 Å². The second-order valence-corrected chi connectivity index (χ2v) is 4.62. The second-order valence-electron chi connectivity index (χ2n) is 4.62. The van der Waals surface area contributed by atoms with Gasteiger partial charge in [-0.25, -0.2) is 0 Å². The third-order valence-electron chi connectivity index (χ3n) is 3.40. The van der Waals surface area contributed by atoms with E-state index in [2.05, 4.69) is 13.8 Å². The van der Waals surface area contributed by atoms with Crippen molar-refractivity contribution in [1.82, 2.24) is 0 Å². The van der Waals surface area contributed by atoms with Gasteiger partial charge in [0, 0.05) is 12.5 Å². The van der Waals surface area contributed by atoms with Gasteiger partial charge in [-0.05, 0) is 24.7 Å². The maximum atomic E-state index is 5.59. The molecule has 3 atom stereocenters. The van der Waals surface area contributed by atoms with Crippen LogP contribution in [0.4, 0.5) is 0 Å². The van der Waals surface area contributed by atoms with E-state index in [1.807, 2.05) is 6.92 Å². The van der Waals surface area contributed by atoms with Crippen molar-refractivity contribution >= 4 is 0 Å². The molecule has 2 heteroatoms. The van der Waals surface area contributed by atoms with E-state index in [9.17, 15) is 0 Å². The van der Waals surface area contributed by atoms with Gasteiger partial charge in [0.05, 0.1) is 6.61 Å². The van der Waals surface area contributed by atoms with Crippen molar-refractivity contribution in [2.45, 2.75) is 33.5 Å². The van der Waals surface area contributed by atoms with Crippen LogP contribution in [0.25, 0.3) is 0 Å². The van der Waals surface area contributed by atoms with Gasteiger partial charge in [0.25, 0.3) is 0 Å². The third kappa shape index (κ3) is 1.09. The Morgan fingerprint density at radius 1 is 1.50 bits per heavy atom. The lowest BCUT2D eigenvalue weighted by Crippen LogP contribution is -2.45. The minimum atomic E-state index is 0.105. The monoisotopic (exact) mass is 170 g/mol. The van der Waals surface area contributed by atoms with Crippen LogP contribution in [0.2, 0.25) is 0 Å². The summed E-state index contributed by atoms with van der Waals surface area (Å²) in [7, 11) is 0. The van der Waals surface area contributed by atoms with Crippen molar-refractivity contribution < 1.29 is 9.47 Å². The van der Waals surface area contributed by atoms with E-state index >= 15 is 0 Å². The highest BCUT2D eigenvalue weighted by atomic mass is 16.7. The topological polar surface area (TPSA) is 18.5 Å². The number of hydrogen-bond donors (Lipinski definition) is 0. The average molecular weight is 170 g/mol. The minimum absolute atomic E-state index is 0.105. The Bertz CT molecular complexity index is 177. The first-order chi connectivity index (χ1) is 5.65. The first kappa shape index (κ1) is 8.52. The summed E-state index contributed by atoms with van der Waals surface area (Å²) in [6.45, 7) is 8.36. The fourth-order valence-electron chi connectivity index (χ4n) is 2.61. The Balaban J connectivity index is 1.94. The van der Waals surface area contributed by atoms with E-state index in [0.717, 1.165) is 19.1 Å². The molecular formula is C10H18O2. The van der Waals surface area contributed by atoms with E-state index < -0.39 is 0 Å². The molecule has 0 N–H and O–H groups in total. The molecule has 0 bridgehead atoms. The van der Waals surface area contributed by atoms with Crippen molar-refractivity contribution in [3.8, 4) is 0 Å². The molecule has 1 saturated heterocycles. The first-order valence-electron chi connectivity index (χ1n) is 4.88. The molecule has 0 unspecified atom stereocenters. The van der Waals surface area contributed by atoms with Gasteiger partial charge >= 0.3 is 0 Å². The normalized spacial score (nSPS) is 43.8. The zero-order valence-corrected chi connectivity index (χ0v) is 8.17.